The number of carbonyl (C=O) groups is 1. The summed E-state index contributed by atoms with van der Waals surface area (Å²) in [6.07, 6.45) is 4.28. The van der Waals surface area contributed by atoms with E-state index < -0.39 is 0 Å². The number of pyridine rings is 1. The van der Waals surface area contributed by atoms with Gasteiger partial charge in [0.1, 0.15) is 0 Å². The van der Waals surface area contributed by atoms with Gasteiger partial charge in [-0.2, -0.15) is 0 Å². The van der Waals surface area contributed by atoms with Gasteiger partial charge in [0, 0.05) is 17.6 Å². The molecule has 0 aliphatic heterocycles. The van der Waals surface area contributed by atoms with Gasteiger partial charge >= 0.3 is 0 Å². The summed E-state index contributed by atoms with van der Waals surface area (Å²) in [6.45, 7) is 4.12. The van der Waals surface area contributed by atoms with Crippen molar-refractivity contribution >= 4 is 23.0 Å². The number of amides is 1. The van der Waals surface area contributed by atoms with Gasteiger partial charge in [-0.05, 0) is 54.8 Å². The van der Waals surface area contributed by atoms with Gasteiger partial charge < -0.3 is 10.6 Å². The maximum Gasteiger partial charge on any atom is 0.257 e. The maximum atomic E-state index is 12.4. The van der Waals surface area contributed by atoms with Crippen LogP contribution in [0.15, 0.2) is 67.0 Å². The van der Waals surface area contributed by atoms with E-state index in [0.717, 1.165) is 29.0 Å². The predicted molar refractivity (Wildman–Crippen MR) is 102 cm³/mol. The molecule has 2 N–H and O–H groups in total. The number of carbonyl (C=O) groups excluding carboxylic acids is 1. The van der Waals surface area contributed by atoms with Gasteiger partial charge in [-0.25, -0.2) is 0 Å². The number of rotatable bonds is 5. The van der Waals surface area contributed by atoms with E-state index in [9.17, 15) is 4.79 Å². The molecule has 4 nitrogen and oxygen atoms in total. The SMILES string of the molecule is CCc1ccc(Nc2cncc(C(=O)Nc3cccc(C)c3)c2)cc1. The van der Waals surface area contributed by atoms with Crippen molar-refractivity contribution < 1.29 is 4.79 Å². The summed E-state index contributed by atoms with van der Waals surface area (Å²) in [7, 11) is 0. The van der Waals surface area contributed by atoms with Crippen LogP contribution in [-0.4, -0.2) is 10.9 Å². The molecule has 0 saturated carbocycles. The van der Waals surface area contributed by atoms with E-state index in [2.05, 4.69) is 34.7 Å². The first kappa shape index (κ1) is 16.7. The number of hydrogen-bond donors (Lipinski definition) is 2. The zero-order valence-electron chi connectivity index (χ0n) is 14.4. The van der Waals surface area contributed by atoms with Crippen LogP contribution in [0.3, 0.4) is 0 Å². The van der Waals surface area contributed by atoms with Crippen LogP contribution in [0.25, 0.3) is 0 Å². The van der Waals surface area contributed by atoms with Crippen molar-refractivity contribution in [3.05, 3.63) is 83.7 Å². The Balaban J connectivity index is 1.72. The first-order valence-electron chi connectivity index (χ1n) is 8.33. The number of hydrogen-bond acceptors (Lipinski definition) is 3. The van der Waals surface area contributed by atoms with Gasteiger partial charge in [0.25, 0.3) is 5.91 Å². The highest BCUT2D eigenvalue weighted by Gasteiger charge is 2.08. The highest BCUT2D eigenvalue weighted by Crippen LogP contribution is 2.18. The Hall–Kier alpha value is -3.14. The molecule has 1 heterocycles. The van der Waals surface area contributed by atoms with Gasteiger partial charge in [0.15, 0.2) is 0 Å². The number of aromatic nitrogens is 1. The quantitative estimate of drug-likeness (QED) is 0.695. The summed E-state index contributed by atoms with van der Waals surface area (Å²) in [5.74, 6) is -0.178. The van der Waals surface area contributed by atoms with Crippen molar-refractivity contribution in [2.75, 3.05) is 10.6 Å². The molecule has 0 saturated heterocycles. The molecule has 0 spiro atoms. The summed E-state index contributed by atoms with van der Waals surface area (Å²) in [5, 5.41) is 6.18. The lowest BCUT2D eigenvalue weighted by atomic mass is 10.1. The molecule has 0 unspecified atom stereocenters. The fourth-order valence-electron chi connectivity index (χ4n) is 2.55. The third kappa shape index (κ3) is 4.44. The van der Waals surface area contributed by atoms with Crippen LogP contribution in [0, 0.1) is 6.92 Å². The molecule has 0 bridgehead atoms. The molecule has 0 atom stereocenters. The van der Waals surface area contributed by atoms with Crippen LogP contribution in [0.4, 0.5) is 17.1 Å². The molecule has 2 aromatic carbocycles. The minimum absolute atomic E-state index is 0.178. The van der Waals surface area contributed by atoms with Gasteiger partial charge in [0.2, 0.25) is 0 Å². The minimum atomic E-state index is -0.178. The maximum absolute atomic E-state index is 12.4. The van der Waals surface area contributed by atoms with E-state index >= 15 is 0 Å². The van der Waals surface area contributed by atoms with E-state index in [1.807, 2.05) is 43.3 Å². The van der Waals surface area contributed by atoms with Crippen LogP contribution < -0.4 is 10.6 Å². The zero-order chi connectivity index (χ0) is 17.6. The van der Waals surface area contributed by atoms with E-state index in [1.54, 1.807) is 18.5 Å². The average molecular weight is 331 g/mol. The standard InChI is InChI=1S/C21H21N3O/c1-3-16-7-9-18(10-8-16)23-20-12-17(13-22-14-20)21(25)24-19-6-4-5-15(2)11-19/h4-14,23H,3H2,1-2H3,(H,24,25). The first-order valence-corrected chi connectivity index (χ1v) is 8.33. The first-order chi connectivity index (χ1) is 12.1. The molecular weight excluding hydrogens is 310 g/mol. The van der Waals surface area contributed by atoms with Crippen molar-refractivity contribution in [3.8, 4) is 0 Å². The van der Waals surface area contributed by atoms with Gasteiger partial charge in [0.05, 0.1) is 17.4 Å². The summed E-state index contributed by atoms with van der Waals surface area (Å²) in [4.78, 5) is 16.6. The molecule has 0 radical (unpaired) electrons. The van der Waals surface area contributed by atoms with E-state index in [-0.39, 0.29) is 5.91 Å². The molecule has 0 aliphatic carbocycles. The molecule has 3 rings (SSSR count). The molecule has 4 heteroatoms. The number of benzene rings is 2. The zero-order valence-corrected chi connectivity index (χ0v) is 14.4. The van der Waals surface area contributed by atoms with Crippen LogP contribution >= 0.6 is 0 Å². The van der Waals surface area contributed by atoms with Crippen LogP contribution in [-0.2, 0) is 6.42 Å². The normalized spacial score (nSPS) is 10.3. The van der Waals surface area contributed by atoms with Crippen LogP contribution in [0.5, 0.6) is 0 Å². The lowest BCUT2D eigenvalue weighted by molar-refractivity contribution is 0.102. The smallest absolute Gasteiger partial charge is 0.257 e. The van der Waals surface area contributed by atoms with Crippen molar-refractivity contribution in [1.82, 2.24) is 4.98 Å². The Bertz CT molecular complexity index is 872. The van der Waals surface area contributed by atoms with Crippen molar-refractivity contribution in [3.63, 3.8) is 0 Å². The highest BCUT2D eigenvalue weighted by atomic mass is 16.1. The van der Waals surface area contributed by atoms with Crippen LogP contribution in [0.1, 0.15) is 28.4 Å². The Labute approximate surface area is 147 Å². The number of nitrogens with one attached hydrogen (secondary N) is 2. The largest absolute Gasteiger partial charge is 0.354 e. The molecule has 3 aromatic rings. The van der Waals surface area contributed by atoms with Gasteiger partial charge in [-0.15, -0.1) is 0 Å². The Morgan fingerprint density at radius 1 is 0.960 bits per heavy atom. The molecule has 0 aliphatic rings. The Morgan fingerprint density at radius 2 is 1.76 bits per heavy atom. The summed E-state index contributed by atoms with van der Waals surface area (Å²) in [5.41, 5.74) is 5.42. The summed E-state index contributed by atoms with van der Waals surface area (Å²) in [6, 6.07) is 17.7. The predicted octanol–water partition coefficient (Wildman–Crippen LogP) is 4.95. The fraction of sp³-hybridized carbons (Fsp3) is 0.143. The van der Waals surface area contributed by atoms with Crippen molar-refractivity contribution in [2.45, 2.75) is 20.3 Å². The Kier molecular flexibility index (Phi) is 5.09. The minimum Gasteiger partial charge on any atom is -0.354 e. The highest BCUT2D eigenvalue weighted by molar-refractivity contribution is 6.04. The lowest BCUT2D eigenvalue weighted by Gasteiger charge is -2.09. The van der Waals surface area contributed by atoms with Gasteiger partial charge in [-0.3, -0.25) is 9.78 Å². The number of nitrogens with zero attached hydrogens (tertiary/aromatic N) is 1. The third-order valence-corrected chi connectivity index (χ3v) is 3.93. The second-order valence-corrected chi connectivity index (χ2v) is 5.96. The third-order valence-electron chi connectivity index (χ3n) is 3.93. The molecular formula is C21H21N3O. The van der Waals surface area contributed by atoms with E-state index in [0.29, 0.717) is 5.56 Å². The molecule has 25 heavy (non-hydrogen) atoms. The Morgan fingerprint density at radius 3 is 2.48 bits per heavy atom. The molecule has 1 aromatic heterocycles. The second kappa shape index (κ2) is 7.62. The van der Waals surface area contributed by atoms with Crippen molar-refractivity contribution in [1.29, 1.82) is 0 Å². The molecule has 0 fully saturated rings. The topological polar surface area (TPSA) is 54.0 Å². The second-order valence-electron chi connectivity index (χ2n) is 5.96. The lowest BCUT2D eigenvalue weighted by Crippen LogP contribution is -2.12. The molecule has 1 amide bonds. The molecule has 126 valence electrons. The van der Waals surface area contributed by atoms with Crippen molar-refractivity contribution in [2.24, 2.45) is 0 Å². The number of anilines is 3. The average Bonchev–Trinajstić information content (AvgIpc) is 2.62. The van der Waals surface area contributed by atoms with Gasteiger partial charge in [-0.1, -0.05) is 31.2 Å². The van der Waals surface area contributed by atoms with E-state index in [4.69, 9.17) is 0 Å². The summed E-state index contributed by atoms with van der Waals surface area (Å²) < 4.78 is 0. The van der Waals surface area contributed by atoms with Crippen LogP contribution in [0.2, 0.25) is 0 Å². The monoisotopic (exact) mass is 331 g/mol. The fourth-order valence-corrected chi connectivity index (χ4v) is 2.55. The number of aryl methyl sites for hydroxylation is 2. The van der Waals surface area contributed by atoms with E-state index in [1.165, 1.54) is 5.56 Å². The summed E-state index contributed by atoms with van der Waals surface area (Å²) >= 11 is 0.